The van der Waals surface area contributed by atoms with Crippen molar-refractivity contribution in [2.75, 3.05) is 0 Å². The number of esters is 1. The van der Waals surface area contributed by atoms with E-state index in [0.29, 0.717) is 0 Å². The third-order valence-corrected chi connectivity index (χ3v) is 7.32. The van der Waals surface area contributed by atoms with Gasteiger partial charge in [0.2, 0.25) is 0 Å². The van der Waals surface area contributed by atoms with Crippen LogP contribution >= 0.6 is 0 Å². The lowest BCUT2D eigenvalue weighted by molar-refractivity contribution is -0.154. The molecule has 0 unspecified atom stereocenters. The van der Waals surface area contributed by atoms with Gasteiger partial charge in [0.05, 0.1) is 22.3 Å². The Labute approximate surface area is 167 Å². The monoisotopic (exact) mass is 401 g/mol. The Hall–Kier alpha value is -2.18. The Kier molecular flexibility index (Phi) is 5.64. The minimum Gasteiger partial charge on any atom is -0.462 e. The Morgan fingerprint density at radius 1 is 1.11 bits per heavy atom. The largest absolute Gasteiger partial charge is 0.462 e. The van der Waals surface area contributed by atoms with E-state index in [1.165, 1.54) is 0 Å². The summed E-state index contributed by atoms with van der Waals surface area (Å²) in [6.45, 7) is 7.20. The Morgan fingerprint density at radius 2 is 1.71 bits per heavy atom. The molecule has 1 fully saturated rings. The molecule has 1 N–H and O–H groups in total. The third-order valence-electron chi connectivity index (χ3n) is 5.16. The maximum atomic E-state index is 13.5. The molecule has 0 saturated carbocycles. The van der Waals surface area contributed by atoms with Crippen molar-refractivity contribution in [2.24, 2.45) is 0 Å². The molecule has 2 aromatic rings. The van der Waals surface area contributed by atoms with E-state index in [4.69, 9.17) is 4.74 Å². The van der Waals surface area contributed by atoms with Gasteiger partial charge < -0.3 is 4.74 Å². The molecule has 150 valence electrons. The van der Waals surface area contributed by atoms with Gasteiger partial charge in [0.1, 0.15) is 5.54 Å². The van der Waals surface area contributed by atoms with Crippen molar-refractivity contribution in [2.45, 2.75) is 61.9 Å². The molecule has 1 heterocycles. The van der Waals surface area contributed by atoms with E-state index >= 15 is 0 Å². The molecule has 1 aliphatic rings. The molecule has 2 aromatic carbocycles. The van der Waals surface area contributed by atoms with Crippen molar-refractivity contribution in [1.82, 2.24) is 5.32 Å². The molecular formula is C22H27NO4S. The molecule has 0 aliphatic carbocycles. The van der Waals surface area contributed by atoms with Crippen LogP contribution in [0.4, 0.5) is 0 Å². The van der Waals surface area contributed by atoms with Crippen LogP contribution in [0.2, 0.25) is 0 Å². The van der Waals surface area contributed by atoms with Crippen molar-refractivity contribution in [3.8, 4) is 0 Å². The summed E-state index contributed by atoms with van der Waals surface area (Å²) in [5.41, 5.74) is 0.755. The summed E-state index contributed by atoms with van der Waals surface area (Å²) in [5.74, 6) is -0.426. The smallest absolute Gasteiger partial charge is 0.326 e. The summed E-state index contributed by atoms with van der Waals surface area (Å²) >= 11 is 0. The molecule has 0 spiro atoms. The van der Waals surface area contributed by atoms with E-state index < -0.39 is 32.6 Å². The van der Waals surface area contributed by atoms with Gasteiger partial charge >= 0.3 is 5.97 Å². The predicted octanol–water partition coefficient (Wildman–Crippen LogP) is 3.58. The molecule has 28 heavy (non-hydrogen) atoms. The van der Waals surface area contributed by atoms with Crippen LogP contribution in [0.15, 0.2) is 59.5 Å². The van der Waals surface area contributed by atoms with Crippen molar-refractivity contribution in [3.63, 3.8) is 0 Å². The van der Waals surface area contributed by atoms with Crippen LogP contribution in [0.25, 0.3) is 0 Å². The van der Waals surface area contributed by atoms with E-state index in [1.807, 2.05) is 37.3 Å². The van der Waals surface area contributed by atoms with Gasteiger partial charge in [0.15, 0.2) is 9.84 Å². The normalized spacial score (nSPS) is 25.0. The van der Waals surface area contributed by atoms with Crippen LogP contribution in [-0.2, 0) is 19.4 Å². The van der Waals surface area contributed by atoms with Crippen molar-refractivity contribution < 1.29 is 17.9 Å². The number of sulfone groups is 1. The van der Waals surface area contributed by atoms with Crippen LogP contribution in [0.3, 0.4) is 0 Å². The SMILES string of the molecule is Cc1ccc(S(=O)(=O)[C@H]2C[C@@](C)(C(=O)OC(C)C)N[C@H]2c2ccccc2)cc1. The zero-order valence-corrected chi connectivity index (χ0v) is 17.5. The second-order valence-corrected chi connectivity index (χ2v) is 10.1. The number of carbonyl (C=O) groups is 1. The molecule has 3 rings (SSSR count). The minimum atomic E-state index is -3.66. The van der Waals surface area contributed by atoms with Crippen LogP contribution in [0.1, 0.15) is 44.4 Å². The van der Waals surface area contributed by atoms with Gasteiger partial charge in [0.25, 0.3) is 0 Å². The zero-order valence-electron chi connectivity index (χ0n) is 16.7. The minimum absolute atomic E-state index is 0.147. The first-order valence-corrected chi connectivity index (χ1v) is 11.0. The van der Waals surface area contributed by atoms with Gasteiger partial charge in [0, 0.05) is 0 Å². The summed E-state index contributed by atoms with van der Waals surface area (Å²) in [7, 11) is -3.66. The van der Waals surface area contributed by atoms with Gasteiger partial charge in [-0.2, -0.15) is 0 Å². The summed E-state index contributed by atoms with van der Waals surface area (Å²) in [6, 6.07) is 15.7. The molecule has 6 heteroatoms. The van der Waals surface area contributed by atoms with Crippen LogP contribution in [-0.4, -0.2) is 31.3 Å². The standard InChI is InChI=1S/C22H27NO4S/c1-15(2)27-21(24)22(4)14-19(20(23-22)17-8-6-5-7-9-17)28(25,26)18-12-10-16(3)11-13-18/h5-13,15,19-20,23H,14H2,1-4H3/t19-,20-,22-/m0/s1. The maximum absolute atomic E-state index is 13.5. The number of rotatable bonds is 5. The number of carbonyl (C=O) groups excluding carboxylic acids is 1. The van der Waals surface area contributed by atoms with Crippen LogP contribution in [0.5, 0.6) is 0 Å². The number of hydrogen-bond donors (Lipinski definition) is 1. The molecule has 1 aliphatic heterocycles. The Morgan fingerprint density at radius 3 is 2.29 bits per heavy atom. The second kappa shape index (κ2) is 7.68. The van der Waals surface area contributed by atoms with Gasteiger partial charge in [-0.15, -0.1) is 0 Å². The number of ether oxygens (including phenoxy) is 1. The van der Waals surface area contributed by atoms with E-state index in [2.05, 4.69) is 5.32 Å². The van der Waals surface area contributed by atoms with Gasteiger partial charge in [-0.05, 0) is 51.8 Å². The lowest BCUT2D eigenvalue weighted by Gasteiger charge is -2.25. The molecule has 0 aromatic heterocycles. The van der Waals surface area contributed by atoms with Crippen molar-refractivity contribution in [1.29, 1.82) is 0 Å². The Balaban J connectivity index is 2.03. The molecule has 0 bridgehead atoms. The van der Waals surface area contributed by atoms with Crippen molar-refractivity contribution in [3.05, 3.63) is 65.7 Å². The van der Waals surface area contributed by atoms with Crippen LogP contribution < -0.4 is 5.32 Å². The van der Waals surface area contributed by atoms with Crippen LogP contribution in [0, 0.1) is 6.92 Å². The third kappa shape index (κ3) is 3.98. The maximum Gasteiger partial charge on any atom is 0.326 e. The molecule has 1 saturated heterocycles. The average molecular weight is 402 g/mol. The average Bonchev–Trinajstić information content (AvgIpc) is 3.02. The fourth-order valence-electron chi connectivity index (χ4n) is 3.65. The zero-order chi connectivity index (χ0) is 20.5. The van der Waals surface area contributed by atoms with Gasteiger partial charge in [-0.25, -0.2) is 8.42 Å². The molecule has 5 nitrogen and oxygen atoms in total. The number of nitrogens with one attached hydrogen (secondary N) is 1. The molecule has 3 atom stereocenters. The highest BCUT2D eigenvalue weighted by molar-refractivity contribution is 7.92. The summed E-state index contributed by atoms with van der Waals surface area (Å²) < 4.78 is 32.3. The lowest BCUT2D eigenvalue weighted by Crippen LogP contribution is -2.47. The highest BCUT2D eigenvalue weighted by atomic mass is 32.2. The number of benzene rings is 2. The first-order valence-electron chi connectivity index (χ1n) is 9.48. The van der Waals surface area contributed by atoms with Gasteiger partial charge in [-0.1, -0.05) is 48.0 Å². The highest BCUT2D eigenvalue weighted by Crippen LogP contribution is 2.40. The molecule has 0 amide bonds. The van der Waals surface area contributed by atoms with E-state index in [0.717, 1.165) is 11.1 Å². The summed E-state index contributed by atoms with van der Waals surface area (Å²) in [6.07, 6.45) is -0.122. The Bertz CT molecular complexity index is 938. The van der Waals surface area contributed by atoms with Gasteiger partial charge in [-0.3, -0.25) is 10.1 Å². The van der Waals surface area contributed by atoms with Crippen molar-refractivity contribution >= 4 is 15.8 Å². The van der Waals surface area contributed by atoms with E-state index in [-0.39, 0.29) is 17.4 Å². The molecule has 0 radical (unpaired) electrons. The fraction of sp³-hybridized carbons (Fsp3) is 0.409. The number of hydrogen-bond acceptors (Lipinski definition) is 5. The van der Waals surface area contributed by atoms with E-state index in [1.54, 1.807) is 45.0 Å². The number of aryl methyl sites for hydroxylation is 1. The fourth-order valence-corrected chi connectivity index (χ4v) is 5.65. The quantitative estimate of drug-likeness (QED) is 0.776. The summed E-state index contributed by atoms with van der Waals surface area (Å²) in [4.78, 5) is 13.0. The lowest BCUT2D eigenvalue weighted by atomic mass is 9.99. The molecular weight excluding hydrogens is 374 g/mol. The second-order valence-electron chi connectivity index (χ2n) is 7.92. The first-order chi connectivity index (χ1) is 13.1. The predicted molar refractivity (Wildman–Crippen MR) is 109 cm³/mol. The topological polar surface area (TPSA) is 72.5 Å². The first kappa shape index (κ1) is 20.6. The summed E-state index contributed by atoms with van der Waals surface area (Å²) in [5, 5.41) is 2.50. The highest BCUT2D eigenvalue weighted by Gasteiger charge is 2.53. The van der Waals surface area contributed by atoms with E-state index in [9.17, 15) is 13.2 Å².